The lowest BCUT2D eigenvalue weighted by molar-refractivity contribution is 0.174. The highest BCUT2D eigenvalue weighted by Gasteiger charge is 2.24. The summed E-state index contributed by atoms with van der Waals surface area (Å²) in [6, 6.07) is 21.4. The van der Waals surface area contributed by atoms with Gasteiger partial charge in [-0.05, 0) is 29.3 Å². The van der Waals surface area contributed by atoms with Gasteiger partial charge in [-0.3, -0.25) is 0 Å². The fraction of sp³-hybridized carbons (Fsp3) is 0.143. The Morgan fingerprint density at radius 2 is 1.52 bits per heavy atom. The predicted octanol–water partition coefficient (Wildman–Crippen LogP) is 4.31. The monoisotopic (exact) mass is 334 g/mol. The molecule has 3 aromatic rings. The molecule has 4 heteroatoms. The zero-order chi connectivity index (χ0) is 17.2. The van der Waals surface area contributed by atoms with Gasteiger partial charge in [0.15, 0.2) is 11.5 Å². The zero-order valence-electron chi connectivity index (χ0n) is 13.8. The van der Waals surface area contributed by atoms with E-state index in [1.54, 1.807) is 13.2 Å². The highest BCUT2D eigenvalue weighted by atomic mass is 16.7. The van der Waals surface area contributed by atoms with E-state index in [0.29, 0.717) is 11.5 Å². The number of fused-ring (bicyclic) bond motifs is 1. The number of aromatic hydroxyl groups is 1. The van der Waals surface area contributed by atoms with Gasteiger partial charge >= 0.3 is 0 Å². The van der Waals surface area contributed by atoms with Crippen LogP contribution in [0.1, 0.15) is 22.6 Å². The summed E-state index contributed by atoms with van der Waals surface area (Å²) >= 11 is 0. The number of hydrogen-bond donors (Lipinski definition) is 1. The summed E-state index contributed by atoms with van der Waals surface area (Å²) in [7, 11) is 1.65. The van der Waals surface area contributed by atoms with Gasteiger partial charge in [0.1, 0.15) is 11.5 Å². The van der Waals surface area contributed by atoms with Crippen LogP contribution in [-0.4, -0.2) is 19.0 Å². The van der Waals surface area contributed by atoms with E-state index < -0.39 is 0 Å². The molecule has 0 saturated carbocycles. The van der Waals surface area contributed by atoms with E-state index in [1.807, 2.05) is 48.5 Å². The second kappa shape index (κ2) is 6.40. The molecule has 1 heterocycles. The van der Waals surface area contributed by atoms with Gasteiger partial charge in [-0.15, -0.1) is 0 Å². The van der Waals surface area contributed by atoms with Crippen LogP contribution in [0.4, 0.5) is 0 Å². The van der Waals surface area contributed by atoms with Crippen LogP contribution in [0.5, 0.6) is 23.0 Å². The van der Waals surface area contributed by atoms with Crippen LogP contribution in [0.15, 0.2) is 66.7 Å². The third-order valence-corrected chi connectivity index (χ3v) is 4.41. The van der Waals surface area contributed by atoms with E-state index in [2.05, 4.69) is 12.1 Å². The van der Waals surface area contributed by atoms with Crippen molar-refractivity contribution in [3.05, 3.63) is 83.4 Å². The van der Waals surface area contributed by atoms with Crippen molar-refractivity contribution in [2.24, 2.45) is 0 Å². The number of hydrogen-bond acceptors (Lipinski definition) is 4. The van der Waals surface area contributed by atoms with Gasteiger partial charge in [0.05, 0.1) is 7.11 Å². The van der Waals surface area contributed by atoms with Crippen LogP contribution < -0.4 is 14.2 Å². The first-order valence-corrected chi connectivity index (χ1v) is 8.07. The fourth-order valence-electron chi connectivity index (χ4n) is 3.17. The molecule has 3 aromatic carbocycles. The maximum absolute atomic E-state index is 10.6. The van der Waals surface area contributed by atoms with Crippen molar-refractivity contribution >= 4 is 0 Å². The molecule has 0 saturated heterocycles. The summed E-state index contributed by atoms with van der Waals surface area (Å²) in [5, 5.41) is 10.6. The number of rotatable bonds is 4. The molecular formula is C21H18O4. The van der Waals surface area contributed by atoms with Gasteiger partial charge in [0, 0.05) is 17.5 Å². The molecule has 1 atom stereocenters. The van der Waals surface area contributed by atoms with Gasteiger partial charge in [-0.1, -0.05) is 42.5 Å². The number of ether oxygens (including phenoxy) is 3. The quantitative estimate of drug-likeness (QED) is 0.722. The standard InChI is InChI=1S/C21H18O4/c1-23-16-9-7-15(8-10-16)21(14-5-3-2-4-6-14)17-11-19-20(12-18(17)22)25-13-24-19/h2-12,21-22H,13H2,1H3. The largest absolute Gasteiger partial charge is 0.507 e. The summed E-state index contributed by atoms with van der Waals surface area (Å²) in [6.07, 6.45) is 0. The van der Waals surface area contributed by atoms with Gasteiger partial charge in [0.2, 0.25) is 6.79 Å². The van der Waals surface area contributed by atoms with Crippen molar-refractivity contribution in [2.75, 3.05) is 13.9 Å². The van der Waals surface area contributed by atoms with Crippen molar-refractivity contribution in [2.45, 2.75) is 5.92 Å². The lowest BCUT2D eigenvalue weighted by atomic mass is 9.84. The van der Waals surface area contributed by atoms with Crippen LogP contribution in [-0.2, 0) is 0 Å². The molecule has 1 aliphatic heterocycles. The molecule has 1 aliphatic rings. The molecule has 0 bridgehead atoms. The topological polar surface area (TPSA) is 47.9 Å². The molecule has 25 heavy (non-hydrogen) atoms. The van der Waals surface area contributed by atoms with E-state index in [4.69, 9.17) is 14.2 Å². The summed E-state index contributed by atoms with van der Waals surface area (Å²) in [5.74, 6) is 2.09. The van der Waals surface area contributed by atoms with E-state index in [0.717, 1.165) is 22.4 Å². The fourth-order valence-corrected chi connectivity index (χ4v) is 3.17. The smallest absolute Gasteiger partial charge is 0.231 e. The lowest BCUT2D eigenvalue weighted by Gasteiger charge is -2.20. The van der Waals surface area contributed by atoms with Crippen molar-refractivity contribution < 1.29 is 19.3 Å². The SMILES string of the molecule is COc1ccc(C(c2ccccc2)c2cc3c(cc2O)OCO3)cc1. The Kier molecular flexibility index (Phi) is 3.94. The van der Waals surface area contributed by atoms with Crippen LogP contribution >= 0.6 is 0 Å². The molecule has 0 aromatic heterocycles. The second-order valence-electron chi connectivity index (χ2n) is 5.88. The number of phenols is 1. The number of benzene rings is 3. The number of methoxy groups -OCH3 is 1. The highest BCUT2D eigenvalue weighted by molar-refractivity contribution is 5.57. The average Bonchev–Trinajstić information content (AvgIpc) is 3.11. The van der Waals surface area contributed by atoms with Gasteiger partial charge in [0.25, 0.3) is 0 Å². The van der Waals surface area contributed by atoms with E-state index in [1.165, 1.54) is 0 Å². The minimum absolute atomic E-state index is 0.124. The molecule has 0 fully saturated rings. The third kappa shape index (κ3) is 2.87. The minimum atomic E-state index is -0.124. The van der Waals surface area contributed by atoms with Crippen LogP contribution in [0.2, 0.25) is 0 Å². The summed E-state index contributed by atoms with van der Waals surface area (Å²) in [5.41, 5.74) is 2.92. The molecule has 1 unspecified atom stereocenters. The summed E-state index contributed by atoms with van der Waals surface area (Å²) < 4.78 is 16.1. The first kappa shape index (κ1) is 15.4. The first-order valence-electron chi connectivity index (χ1n) is 8.07. The van der Waals surface area contributed by atoms with Crippen LogP contribution in [0.25, 0.3) is 0 Å². The Morgan fingerprint density at radius 3 is 2.20 bits per heavy atom. The molecule has 4 rings (SSSR count). The maximum atomic E-state index is 10.6. The Morgan fingerprint density at radius 1 is 0.880 bits per heavy atom. The van der Waals surface area contributed by atoms with Crippen molar-refractivity contribution in [3.8, 4) is 23.0 Å². The molecular weight excluding hydrogens is 316 g/mol. The molecule has 0 radical (unpaired) electrons. The normalized spacial score (nSPS) is 13.5. The van der Waals surface area contributed by atoms with E-state index >= 15 is 0 Å². The summed E-state index contributed by atoms with van der Waals surface area (Å²) in [6.45, 7) is 0.177. The van der Waals surface area contributed by atoms with E-state index in [9.17, 15) is 5.11 Å². The van der Waals surface area contributed by atoms with E-state index in [-0.39, 0.29) is 18.5 Å². The molecule has 0 amide bonds. The lowest BCUT2D eigenvalue weighted by Crippen LogP contribution is -2.04. The van der Waals surface area contributed by atoms with Gasteiger partial charge in [-0.2, -0.15) is 0 Å². The van der Waals surface area contributed by atoms with Gasteiger partial charge in [-0.25, -0.2) is 0 Å². The molecule has 0 spiro atoms. The summed E-state index contributed by atoms with van der Waals surface area (Å²) in [4.78, 5) is 0. The Hall–Kier alpha value is -3.14. The van der Waals surface area contributed by atoms with Crippen LogP contribution in [0.3, 0.4) is 0 Å². The molecule has 0 aliphatic carbocycles. The Bertz CT molecular complexity index is 872. The zero-order valence-corrected chi connectivity index (χ0v) is 13.8. The average molecular weight is 334 g/mol. The molecule has 126 valence electrons. The Balaban J connectivity index is 1.86. The van der Waals surface area contributed by atoms with Crippen LogP contribution in [0, 0.1) is 0 Å². The number of phenolic OH excluding ortho intramolecular Hbond substituents is 1. The Labute approximate surface area is 146 Å². The predicted molar refractivity (Wildman–Crippen MR) is 94.6 cm³/mol. The maximum Gasteiger partial charge on any atom is 0.231 e. The van der Waals surface area contributed by atoms with Crippen molar-refractivity contribution in [1.29, 1.82) is 0 Å². The second-order valence-corrected chi connectivity index (χ2v) is 5.88. The highest BCUT2D eigenvalue weighted by Crippen LogP contribution is 2.44. The first-order chi connectivity index (χ1) is 12.3. The third-order valence-electron chi connectivity index (χ3n) is 4.41. The molecule has 4 nitrogen and oxygen atoms in total. The van der Waals surface area contributed by atoms with Crippen molar-refractivity contribution in [3.63, 3.8) is 0 Å². The van der Waals surface area contributed by atoms with Gasteiger partial charge < -0.3 is 19.3 Å². The minimum Gasteiger partial charge on any atom is -0.507 e. The van der Waals surface area contributed by atoms with Crippen molar-refractivity contribution in [1.82, 2.24) is 0 Å². The molecule has 1 N–H and O–H groups in total.